The van der Waals surface area contributed by atoms with Crippen LogP contribution in [0.5, 0.6) is 11.5 Å². The lowest BCUT2D eigenvalue weighted by Crippen LogP contribution is -2.39. The average Bonchev–Trinajstić information content (AvgIpc) is 2.71. The smallest absolute Gasteiger partial charge is 0.255 e. The molecule has 0 spiro atoms. The Balaban J connectivity index is 1.95. The van der Waals surface area contributed by atoms with Gasteiger partial charge in [-0.2, -0.15) is 0 Å². The zero-order chi connectivity index (χ0) is 19.6. The van der Waals surface area contributed by atoms with Gasteiger partial charge in [0.25, 0.3) is 5.91 Å². The van der Waals surface area contributed by atoms with Crippen LogP contribution in [0.25, 0.3) is 0 Å². The summed E-state index contributed by atoms with van der Waals surface area (Å²) in [5.74, 6) is 0.812. The number of carbonyl (C=O) groups excluding carboxylic acids is 2. The lowest BCUT2D eigenvalue weighted by molar-refractivity contribution is -0.130. The molecule has 144 valence electrons. The first kappa shape index (κ1) is 20.3. The molecule has 0 bridgehead atoms. The number of nitrogens with one attached hydrogen (secondary N) is 1. The number of methoxy groups -OCH3 is 1. The van der Waals surface area contributed by atoms with Crippen LogP contribution in [0.4, 0.5) is 0 Å². The van der Waals surface area contributed by atoms with E-state index in [0.717, 1.165) is 11.3 Å². The maximum atomic E-state index is 12.5. The summed E-state index contributed by atoms with van der Waals surface area (Å²) in [6.07, 6.45) is 0. The molecule has 6 nitrogen and oxygen atoms in total. The molecular formula is C21H26N2O4. The molecule has 0 aliphatic heterocycles. The highest BCUT2D eigenvalue weighted by molar-refractivity contribution is 5.98. The first-order chi connectivity index (χ1) is 13.1. The number of nitrogens with zero attached hydrogens (tertiary/aromatic N) is 1. The molecule has 0 unspecified atom stereocenters. The highest BCUT2D eigenvalue weighted by atomic mass is 16.5. The number of amides is 2. The Morgan fingerprint density at radius 2 is 1.74 bits per heavy atom. The fourth-order valence-corrected chi connectivity index (χ4v) is 2.63. The fourth-order valence-electron chi connectivity index (χ4n) is 2.63. The predicted molar refractivity (Wildman–Crippen MR) is 104 cm³/mol. The van der Waals surface area contributed by atoms with E-state index in [-0.39, 0.29) is 18.4 Å². The summed E-state index contributed by atoms with van der Waals surface area (Å²) in [5.41, 5.74) is 1.42. The van der Waals surface area contributed by atoms with E-state index in [1.807, 2.05) is 38.1 Å². The van der Waals surface area contributed by atoms with Gasteiger partial charge in [0.05, 0.1) is 25.8 Å². The quantitative estimate of drug-likeness (QED) is 0.737. The van der Waals surface area contributed by atoms with E-state index in [1.165, 1.54) is 0 Å². The van der Waals surface area contributed by atoms with Gasteiger partial charge in [-0.15, -0.1) is 0 Å². The second-order valence-electron chi connectivity index (χ2n) is 5.87. The minimum Gasteiger partial charge on any atom is -0.497 e. The minimum absolute atomic E-state index is 0.0662. The summed E-state index contributed by atoms with van der Waals surface area (Å²) in [5, 5.41) is 2.69. The molecule has 2 aromatic rings. The maximum absolute atomic E-state index is 12.5. The first-order valence-electron chi connectivity index (χ1n) is 8.99. The van der Waals surface area contributed by atoms with Crippen LogP contribution in [0.3, 0.4) is 0 Å². The van der Waals surface area contributed by atoms with Gasteiger partial charge in [-0.25, -0.2) is 0 Å². The number of ether oxygens (including phenoxy) is 2. The number of hydrogen-bond acceptors (Lipinski definition) is 4. The Kier molecular flexibility index (Phi) is 7.67. The van der Waals surface area contributed by atoms with Crippen molar-refractivity contribution in [2.75, 3.05) is 26.8 Å². The molecule has 0 aromatic heterocycles. The Labute approximate surface area is 160 Å². The molecule has 0 saturated carbocycles. The van der Waals surface area contributed by atoms with E-state index >= 15 is 0 Å². The van der Waals surface area contributed by atoms with E-state index in [1.54, 1.807) is 36.3 Å². The SMILES string of the molecule is CCOc1ccccc1C(=O)NCC(=O)N(CC)Cc1ccc(OC)cc1. The van der Waals surface area contributed by atoms with Crippen molar-refractivity contribution in [2.45, 2.75) is 20.4 Å². The summed E-state index contributed by atoms with van der Waals surface area (Å²) < 4.78 is 10.6. The minimum atomic E-state index is -0.326. The monoisotopic (exact) mass is 370 g/mol. The molecule has 6 heteroatoms. The van der Waals surface area contributed by atoms with Crippen molar-refractivity contribution in [2.24, 2.45) is 0 Å². The highest BCUT2D eigenvalue weighted by Gasteiger charge is 2.16. The van der Waals surface area contributed by atoms with Crippen LogP contribution in [-0.2, 0) is 11.3 Å². The fraction of sp³-hybridized carbons (Fsp3) is 0.333. The van der Waals surface area contributed by atoms with Crippen LogP contribution in [0.15, 0.2) is 48.5 Å². The van der Waals surface area contributed by atoms with E-state index in [0.29, 0.717) is 31.0 Å². The third-order valence-electron chi connectivity index (χ3n) is 4.10. The van der Waals surface area contributed by atoms with Crippen LogP contribution in [0.1, 0.15) is 29.8 Å². The zero-order valence-electron chi connectivity index (χ0n) is 16.0. The summed E-state index contributed by atoms with van der Waals surface area (Å²) in [6, 6.07) is 14.6. The molecule has 0 radical (unpaired) electrons. The normalized spacial score (nSPS) is 10.2. The number of carbonyl (C=O) groups is 2. The van der Waals surface area contributed by atoms with Crippen molar-refractivity contribution >= 4 is 11.8 Å². The molecular weight excluding hydrogens is 344 g/mol. The molecule has 0 aliphatic rings. The van der Waals surface area contributed by atoms with Crippen LogP contribution in [-0.4, -0.2) is 43.5 Å². The van der Waals surface area contributed by atoms with E-state index in [9.17, 15) is 9.59 Å². The van der Waals surface area contributed by atoms with Crippen LogP contribution in [0, 0.1) is 0 Å². The molecule has 2 aromatic carbocycles. The molecule has 0 saturated heterocycles. The molecule has 0 atom stereocenters. The lowest BCUT2D eigenvalue weighted by Gasteiger charge is -2.21. The number of benzene rings is 2. The molecule has 0 heterocycles. The molecule has 2 amide bonds. The van der Waals surface area contributed by atoms with Gasteiger partial charge >= 0.3 is 0 Å². The number of likely N-dealkylation sites (N-methyl/N-ethyl adjacent to an activating group) is 1. The Morgan fingerprint density at radius 3 is 2.37 bits per heavy atom. The van der Waals surface area contributed by atoms with E-state index in [2.05, 4.69) is 5.32 Å². The number of hydrogen-bond donors (Lipinski definition) is 1. The van der Waals surface area contributed by atoms with Crippen molar-refractivity contribution in [1.29, 1.82) is 0 Å². The first-order valence-corrected chi connectivity index (χ1v) is 8.99. The molecule has 0 fully saturated rings. The number of rotatable bonds is 9. The second kappa shape index (κ2) is 10.2. The zero-order valence-corrected chi connectivity index (χ0v) is 16.0. The van der Waals surface area contributed by atoms with Crippen LogP contribution < -0.4 is 14.8 Å². The molecule has 27 heavy (non-hydrogen) atoms. The van der Waals surface area contributed by atoms with Gasteiger partial charge in [0, 0.05) is 13.1 Å². The highest BCUT2D eigenvalue weighted by Crippen LogP contribution is 2.17. The second-order valence-corrected chi connectivity index (χ2v) is 5.87. The van der Waals surface area contributed by atoms with Gasteiger partial charge in [-0.1, -0.05) is 24.3 Å². The van der Waals surface area contributed by atoms with Gasteiger partial charge in [0.15, 0.2) is 0 Å². The summed E-state index contributed by atoms with van der Waals surface area (Å²) in [7, 11) is 1.61. The Hall–Kier alpha value is -3.02. The van der Waals surface area contributed by atoms with Gasteiger partial charge < -0.3 is 19.7 Å². The third kappa shape index (κ3) is 5.74. The number of para-hydroxylation sites is 1. The molecule has 2 rings (SSSR count). The van der Waals surface area contributed by atoms with Crippen molar-refractivity contribution in [3.8, 4) is 11.5 Å². The van der Waals surface area contributed by atoms with Crippen molar-refractivity contribution in [3.63, 3.8) is 0 Å². The average molecular weight is 370 g/mol. The van der Waals surface area contributed by atoms with Crippen molar-refractivity contribution in [1.82, 2.24) is 10.2 Å². The predicted octanol–water partition coefficient (Wildman–Crippen LogP) is 2.87. The van der Waals surface area contributed by atoms with Gasteiger partial charge in [0.2, 0.25) is 5.91 Å². The summed E-state index contributed by atoms with van der Waals surface area (Å²) in [4.78, 5) is 26.6. The largest absolute Gasteiger partial charge is 0.497 e. The molecule has 0 aliphatic carbocycles. The van der Waals surface area contributed by atoms with Gasteiger partial charge in [0.1, 0.15) is 11.5 Å². The summed E-state index contributed by atoms with van der Waals surface area (Å²) >= 11 is 0. The van der Waals surface area contributed by atoms with E-state index < -0.39 is 0 Å². The van der Waals surface area contributed by atoms with E-state index in [4.69, 9.17) is 9.47 Å². The maximum Gasteiger partial charge on any atom is 0.255 e. The van der Waals surface area contributed by atoms with Crippen LogP contribution >= 0.6 is 0 Å². The third-order valence-corrected chi connectivity index (χ3v) is 4.10. The van der Waals surface area contributed by atoms with Gasteiger partial charge in [-0.05, 0) is 43.7 Å². The lowest BCUT2D eigenvalue weighted by atomic mass is 10.2. The Bertz CT molecular complexity index is 759. The topological polar surface area (TPSA) is 67.9 Å². The van der Waals surface area contributed by atoms with Crippen molar-refractivity contribution < 1.29 is 19.1 Å². The van der Waals surface area contributed by atoms with Crippen molar-refractivity contribution in [3.05, 3.63) is 59.7 Å². The van der Waals surface area contributed by atoms with Gasteiger partial charge in [-0.3, -0.25) is 9.59 Å². The standard InChI is InChI=1S/C21H26N2O4/c1-4-23(15-16-10-12-17(26-3)13-11-16)20(24)14-22-21(25)18-8-6-7-9-19(18)27-5-2/h6-13H,4-5,14-15H2,1-3H3,(H,22,25). The molecule has 1 N–H and O–H groups in total. The van der Waals surface area contributed by atoms with Crippen LogP contribution in [0.2, 0.25) is 0 Å². The summed E-state index contributed by atoms with van der Waals surface area (Å²) in [6.45, 7) is 5.20. The Morgan fingerprint density at radius 1 is 1.04 bits per heavy atom.